The minimum atomic E-state index is -3.89. The fourth-order valence-corrected chi connectivity index (χ4v) is 11.1. The van der Waals surface area contributed by atoms with Gasteiger partial charge in [0.15, 0.2) is 25.3 Å². The van der Waals surface area contributed by atoms with Crippen molar-refractivity contribution in [1.29, 1.82) is 0 Å². The third-order valence-electron chi connectivity index (χ3n) is 11.5. The standard InChI is InChI=1S/C25H28N4O5S2.C23H26N4O4S2.C4H8O/c1-7-33-23(30)25(5,6)34-19-12-17-16(11-21(19)36(31,32)24(2,3)4)22(27-13-26-17)29-15-8-9-20-18(10-15)28-14-35-20;1-22(2,3)33(29,30)20-9-15-16(10-18(20)31-23(4,5)11-28)24-12-25-21(15)27-14-6-7-19-17(8-14)26-13-32-19;1-2-4-5-3-1/h8-14H,7H2,1-6H3,(H,26,27,29);6-10,12-13,28H,11H2,1-5H3,(H,24,25,27);1-4H2. The summed E-state index contributed by atoms with van der Waals surface area (Å²) in [6.45, 7) is 19.8. The summed E-state index contributed by atoms with van der Waals surface area (Å²) >= 11 is 3.10. The van der Waals surface area contributed by atoms with Crippen LogP contribution >= 0.6 is 22.7 Å². The Morgan fingerprint density at radius 3 is 1.46 bits per heavy atom. The number of esters is 1. The molecule has 0 amide bonds. The number of ether oxygens (including phenoxy) is 4. The number of aliphatic hydroxyl groups excluding tert-OH is 1. The SMILES string of the molecule is C1CCOC1.CC(C)(CO)Oc1cc2ncnc(Nc3ccc4scnc4c3)c2cc1S(=O)(=O)C(C)(C)C.CCOC(=O)C(C)(C)Oc1cc2ncnc(Nc3ccc4scnc4c3)c2cc1S(=O)(=O)C(C)(C)C. The monoisotopic (exact) mass is 1090 g/mol. The maximum absolute atomic E-state index is 13.6. The number of rotatable bonds is 13. The highest BCUT2D eigenvalue weighted by molar-refractivity contribution is 7.93. The van der Waals surface area contributed by atoms with Gasteiger partial charge >= 0.3 is 5.97 Å². The van der Waals surface area contributed by atoms with Crippen molar-refractivity contribution < 1.29 is 45.7 Å². The number of hydrogen-bond donors (Lipinski definition) is 3. The lowest BCUT2D eigenvalue weighted by Crippen LogP contribution is -2.40. The van der Waals surface area contributed by atoms with E-state index in [4.69, 9.17) is 18.9 Å². The van der Waals surface area contributed by atoms with Crippen LogP contribution in [-0.4, -0.2) is 105 Å². The predicted octanol–water partition coefficient (Wildman–Crippen LogP) is 10.8. The maximum atomic E-state index is 13.6. The molecule has 1 saturated heterocycles. The van der Waals surface area contributed by atoms with Crippen LogP contribution < -0.4 is 20.1 Å². The van der Waals surface area contributed by atoms with E-state index in [2.05, 4.69) is 40.5 Å². The molecule has 1 fully saturated rings. The van der Waals surface area contributed by atoms with Crippen LogP contribution in [0.3, 0.4) is 0 Å². The number of benzene rings is 4. The molecule has 0 radical (unpaired) electrons. The number of carbonyl (C=O) groups is 1. The summed E-state index contributed by atoms with van der Waals surface area (Å²) in [4.78, 5) is 38.5. The fourth-order valence-electron chi connectivity index (χ4n) is 7.17. The quantitative estimate of drug-likeness (QED) is 0.0909. The number of sulfone groups is 2. The van der Waals surface area contributed by atoms with Crippen LogP contribution in [0.2, 0.25) is 0 Å². The number of nitrogens with zero attached hydrogens (tertiary/aromatic N) is 6. The van der Waals surface area contributed by atoms with E-state index in [9.17, 15) is 26.7 Å². The molecule has 18 nitrogen and oxygen atoms in total. The molecule has 0 unspecified atom stereocenters. The second kappa shape index (κ2) is 22.0. The van der Waals surface area contributed by atoms with Crippen LogP contribution in [-0.2, 0) is 33.9 Å². The highest BCUT2D eigenvalue weighted by Crippen LogP contribution is 2.41. The summed E-state index contributed by atoms with van der Waals surface area (Å²) < 4.78 is 76.1. The van der Waals surface area contributed by atoms with Crippen molar-refractivity contribution in [2.24, 2.45) is 0 Å². The molecule has 22 heteroatoms. The highest BCUT2D eigenvalue weighted by atomic mass is 32.2. The van der Waals surface area contributed by atoms with Gasteiger partial charge < -0.3 is 34.7 Å². The summed E-state index contributed by atoms with van der Waals surface area (Å²) in [5, 5.41) is 17.2. The van der Waals surface area contributed by atoms with E-state index in [1.165, 1.54) is 51.5 Å². The summed E-state index contributed by atoms with van der Waals surface area (Å²) in [5.74, 6) is 0.449. The molecule has 1 aliphatic rings. The molecule has 9 rings (SSSR count). The third-order valence-corrected chi connectivity index (χ3v) is 18.1. The van der Waals surface area contributed by atoms with Crippen LogP contribution in [0.4, 0.5) is 23.0 Å². The van der Waals surface area contributed by atoms with Crippen LogP contribution in [0.25, 0.3) is 42.2 Å². The fraction of sp³-hybridized carbons (Fsp3) is 0.404. The smallest absolute Gasteiger partial charge is 0.349 e. The molecule has 74 heavy (non-hydrogen) atoms. The number of carbonyl (C=O) groups excluding carboxylic acids is 1. The van der Waals surface area contributed by atoms with Gasteiger partial charge in [0.1, 0.15) is 51.2 Å². The van der Waals surface area contributed by atoms with E-state index in [0.717, 1.165) is 45.0 Å². The van der Waals surface area contributed by atoms with Crippen LogP contribution in [0.15, 0.2) is 94.1 Å². The van der Waals surface area contributed by atoms with Gasteiger partial charge in [-0.2, -0.15) is 0 Å². The first kappa shape index (κ1) is 55.6. The van der Waals surface area contributed by atoms with E-state index in [0.29, 0.717) is 33.4 Å². The Kier molecular flexibility index (Phi) is 16.5. The number of fused-ring (bicyclic) bond motifs is 4. The van der Waals surface area contributed by atoms with Crippen molar-refractivity contribution in [3.8, 4) is 11.5 Å². The molecule has 4 aromatic carbocycles. The normalized spacial score (nSPS) is 13.5. The molecule has 5 heterocycles. The molecule has 3 N–H and O–H groups in total. The number of nitrogens with one attached hydrogen (secondary N) is 2. The lowest BCUT2D eigenvalue weighted by atomic mass is 10.1. The number of hydrogen-bond acceptors (Lipinski definition) is 20. The zero-order chi connectivity index (χ0) is 53.9. The Morgan fingerprint density at radius 1 is 0.622 bits per heavy atom. The first-order chi connectivity index (χ1) is 34.7. The first-order valence-corrected chi connectivity index (χ1v) is 28.5. The Bertz CT molecular complexity index is 3540. The lowest BCUT2D eigenvalue weighted by molar-refractivity contribution is -0.158. The van der Waals surface area contributed by atoms with Gasteiger partial charge in [0.25, 0.3) is 0 Å². The van der Waals surface area contributed by atoms with Gasteiger partial charge in [-0.3, -0.25) is 0 Å². The second-order valence-corrected chi connectivity index (χ2v) is 27.4. The zero-order valence-corrected chi connectivity index (χ0v) is 46.5. The Morgan fingerprint density at radius 2 is 1.07 bits per heavy atom. The molecule has 0 aliphatic carbocycles. The summed E-state index contributed by atoms with van der Waals surface area (Å²) in [6.07, 6.45) is 5.34. The van der Waals surface area contributed by atoms with Crippen molar-refractivity contribution in [2.75, 3.05) is 37.1 Å². The molecule has 4 aromatic heterocycles. The largest absolute Gasteiger partial charge is 0.484 e. The average Bonchev–Trinajstić information content (AvgIpc) is 4.16. The molecule has 394 valence electrons. The molecule has 0 bridgehead atoms. The molecular weight excluding hydrogens is 1020 g/mol. The molecule has 8 aromatic rings. The van der Waals surface area contributed by atoms with Gasteiger partial charge in [-0.25, -0.2) is 51.5 Å². The number of aliphatic hydroxyl groups is 1. The Hall–Kier alpha value is -6.17. The van der Waals surface area contributed by atoms with Crippen LogP contribution in [0.1, 0.15) is 89.0 Å². The number of aromatic nitrogens is 6. The minimum absolute atomic E-state index is 0.0176. The van der Waals surface area contributed by atoms with E-state index >= 15 is 0 Å². The van der Waals surface area contributed by atoms with E-state index in [1.807, 2.05) is 36.4 Å². The summed E-state index contributed by atoms with van der Waals surface area (Å²) in [5.41, 5.74) is 5.34. The van der Waals surface area contributed by atoms with Crippen molar-refractivity contribution in [3.63, 3.8) is 0 Å². The Labute approximate surface area is 439 Å². The maximum Gasteiger partial charge on any atom is 0.349 e. The van der Waals surface area contributed by atoms with Crippen molar-refractivity contribution in [2.45, 2.75) is 119 Å². The van der Waals surface area contributed by atoms with Crippen LogP contribution in [0.5, 0.6) is 11.5 Å². The van der Waals surface area contributed by atoms with Gasteiger partial charge in [-0.1, -0.05) is 0 Å². The van der Waals surface area contributed by atoms with Crippen molar-refractivity contribution in [3.05, 3.63) is 84.3 Å². The summed E-state index contributed by atoms with van der Waals surface area (Å²) in [7, 11) is -7.68. The van der Waals surface area contributed by atoms with Gasteiger partial charge in [0.05, 0.1) is 65.2 Å². The van der Waals surface area contributed by atoms with E-state index in [-0.39, 0.29) is 34.5 Å². The van der Waals surface area contributed by atoms with E-state index in [1.54, 1.807) is 108 Å². The predicted molar refractivity (Wildman–Crippen MR) is 292 cm³/mol. The molecule has 1 aliphatic heterocycles. The molecule has 0 spiro atoms. The van der Waals surface area contributed by atoms with Crippen LogP contribution in [0, 0.1) is 0 Å². The Balaban J connectivity index is 0.000000198. The zero-order valence-electron chi connectivity index (χ0n) is 43.3. The van der Waals surface area contributed by atoms with E-state index < -0.39 is 46.3 Å². The number of thiazole rings is 2. The third kappa shape index (κ3) is 12.5. The minimum Gasteiger partial charge on any atom is -0.484 e. The van der Waals surface area contributed by atoms with Gasteiger partial charge in [-0.05, 0) is 138 Å². The van der Waals surface area contributed by atoms with Gasteiger partial charge in [-0.15, -0.1) is 22.7 Å². The average molecular weight is 1090 g/mol. The molecule has 0 saturated carbocycles. The van der Waals surface area contributed by atoms with Gasteiger partial charge in [0, 0.05) is 47.5 Å². The summed E-state index contributed by atoms with van der Waals surface area (Å²) in [6, 6.07) is 17.7. The highest BCUT2D eigenvalue weighted by Gasteiger charge is 2.39. The van der Waals surface area contributed by atoms with Crippen molar-refractivity contribution >= 4 is 114 Å². The lowest BCUT2D eigenvalue weighted by Gasteiger charge is -2.28. The van der Waals surface area contributed by atoms with Gasteiger partial charge in [0.2, 0.25) is 0 Å². The first-order valence-electron chi connectivity index (χ1n) is 23.8. The number of anilines is 4. The molecule has 0 atom stereocenters. The second-order valence-electron chi connectivity index (χ2n) is 20.3. The molecular formula is C52H62N8O10S4. The van der Waals surface area contributed by atoms with Crippen molar-refractivity contribution in [1.82, 2.24) is 29.9 Å². The topological polar surface area (TPSA) is 244 Å².